The normalized spacial score (nSPS) is 11.3. The first-order valence-electron chi connectivity index (χ1n) is 6.27. The van der Waals surface area contributed by atoms with Gasteiger partial charge >= 0.3 is 0 Å². The third kappa shape index (κ3) is 3.45. The largest absolute Gasteiger partial charge is 0.380 e. The SMILES string of the molecule is CCOC(CNc1ccc2sccc2c1)OCC. The second-order valence-electron chi connectivity index (χ2n) is 3.89. The molecule has 1 heterocycles. The minimum atomic E-state index is -0.182. The van der Waals surface area contributed by atoms with Gasteiger partial charge in [-0.15, -0.1) is 11.3 Å². The fourth-order valence-electron chi connectivity index (χ4n) is 1.82. The van der Waals surface area contributed by atoms with Crippen molar-refractivity contribution in [1.82, 2.24) is 0 Å². The van der Waals surface area contributed by atoms with Crippen LogP contribution in [0.4, 0.5) is 5.69 Å². The maximum Gasteiger partial charge on any atom is 0.174 e. The van der Waals surface area contributed by atoms with Gasteiger partial charge in [-0.05, 0) is 48.9 Å². The van der Waals surface area contributed by atoms with Crippen LogP contribution in [0.2, 0.25) is 0 Å². The molecule has 0 unspecified atom stereocenters. The predicted molar refractivity (Wildman–Crippen MR) is 77.4 cm³/mol. The van der Waals surface area contributed by atoms with E-state index >= 15 is 0 Å². The van der Waals surface area contributed by atoms with Crippen LogP contribution in [0.5, 0.6) is 0 Å². The second-order valence-corrected chi connectivity index (χ2v) is 4.84. The van der Waals surface area contributed by atoms with Gasteiger partial charge < -0.3 is 14.8 Å². The molecule has 0 bridgehead atoms. The molecule has 0 saturated heterocycles. The van der Waals surface area contributed by atoms with Crippen molar-refractivity contribution < 1.29 is 9.47 Å². The van der Waals surface area contributed by atoms with E-state index in [0.717, 1.165) is 5.69 Å². The Labute approximate surface area is 112 Å². The number of nitrogens with one attached hydrogen (secondary N) is 1. The minimum Gasteiger partial charge on any atom is -0.380 e. The molecule has 3 nitrogen and oxygen atoms in total. The predicted octanol–water partition coefficient (Wildman–Crippen LogP) is 3.71. The van der Waals surface area contributed by atoms with Crippen LogP contribution in [0.1, 0.15) is 13.8 Å². The molecule has 2 aromatic rings. The van der Waals surface area contributed by atoms with Crippen molar-refractivity contribution >= 4 is 27.1 Å². The van der Waals surface area contributed by atoms with Crippen LogP contribution in [0, 0.1) is 0 Å². The molecule has 0 aliphatic heterocycles. The van der Waals surface area contributed by atoms with E-state index in [1.54, 1.807) is 11.3 Å². The minimum absolute atomic E-state index is 0.182. The lowest BCUT2D eigenvalue weighted by atomic mass is 10.2. The first-order chi connectivity index (χ1) is 8.83. The molecule has 1 aromatic carbocycles. The van der Waals surface area contributed by atoms with Crippen LogP contribution in [0.3, 0.4) is 0 Å². The highest BCUT2D eigenvalue weighted by molar-refractivity contribution is 7.17. The fraction of sp³-hybridized carbons (Fsp3) is 0.429. The topological polar surface area (TPSA) is 30.5 Å². The van der Waals surface area contributed by atoms with Crippen molar-refractivity contribution in [2.75, 3.05) is 25.1 Å². The quantitative estimate of drug-likeness (QED) is 0.774. The van der Waals surface area contributed by atoms with Crippen molar-refractivity contribution in [3.05, 3.63) is 29.6 Å². The van der Waals surface area contributed by atoms with E-state index in [2.05, 4.69) is 35.0 Å². The first-order valence-corrected chi connectivity index (χ1v) is 7.15. The van der Waals surface area contributed by atoms with E-state index in [1.165, 1.54) is 10.1 Å². The summed E-state index contributed by atoms with van der Waals surface area (Å²) in [6.07, 6.45) is -0.182. The molecule has 0 spiro atoms. The Hall–Kier alpha value is -1.10. The summed E-state index contributed by atoms with van der Waals surface area (Å²) in [5.74, 6) is 0. The summed E-state index contributed by atoms with van der Waals surface area (Å²) in [7, 11) is 0. The summed E-state index contributed by atoms with van der Waals surface area (Å²) in [5.41, 5.74) is 1.10. The highest BCUT2D eigenvalue weighted by Crippen LogP contribution is 2.23. The van der Waals surface area contributed by atoms with Gasteiger partial charge in [0, 0.05) is 23.6 Å². The first kappa shape index (κ1) is 13.3. The number of thiophene rings is 1. The fourth-order valence-corrected chi connectivity index (χ4v) is 2.59. The van der Waals surface area contributed by atoms with Gasteiger partial charge in [-0.1, -0.05) is 0 Å². The van der Waals surface area contributed by atoms with Gasteiger partial charge in [0.05, 0.1) is 6.54 Å². The van der Waals surface area contributed by atoms with Gasteiger partial charge in [-0.2, -0.15) is 0 Å². The van der Waals surface area contributed by atoms with Crippen molar-refractivity contribution in [3.63, 3.8) is 0 Å². The molecule has 0 saturated carbocycles. The molecule has 0 atom stereocenters. The highest BCUT2D eigenvalue weighted by Gasteiger charge is 2.07. The number of hydrogen-bond donors (Lipinski definition) is 1. The summed E-state index contributed by atoms with van der Waals surface area (Å²) >= 11 is 1.76. The van der Waals surface area contributed by atoms with Crippen molar-refractivity contribution in [1.29, 1.82) is 0 Å². The lowest BCUT2D eigenvalue weighted by Gasteiger charge is -2.18. The number of anilines is 1. The van der Waals surface area contributed by atoms with Gasteiger partial charge in [0.25, 0.3) is 0 Å². The molecule has 0 fully saturated rings. The molecular weight excluding hydrogens is 246 g/mol. The van der Waals surface area contributed by atoms with Crippen molar-refractivity contribution in [2.24, 2.45) is 0 Å². The number of benzene rings is 1. The van der Waals surface area contributed by atoms with Gasteiger partial charge in [0.2, 0.25) is 0 Å². The molecule has 0 amide bonds. The Morgan fingerprint density at radius 1 is 1.17 bits per heavy atom. The molecule has 0 aliphatic carbocycles. The average molecular weight is 265 g/mol. The lowest BCUT2D eigenvalue weighted by molar-refractivity contribution is -0.126. The standard InChI is InChI=1S/C14H19NO2S/c1-3-16-14(17-4-2)10-15-12-5-6-13-11(9-12)7-8-18-13/h5-9,14-15H,3-4,10H2,1-2H3. The van der Waals surface area contributed by atoms with E-state index in [1.807, 2.05) is 13.8 Å². The molecule has 4 heteroatoms. The van der Waals surface area contributed by atoms with Gasteiger partial charge in [0.15, 0.2) is 6.29 Å². The maximum absolute atomic E-state index is 5.49. The summed E-state index contributed by atoms with van der Waals surface area (Å²) in [4.78, 5) is 0. The zero-order valence-corrected chi connectivity index (χ0v) is 11.6. The lowest BCUT2D eigenvalue weighted by Crippen LogP contribution is -2.26. The number of rotatable bonds is 7. The molecule has 0 radical (unpaired) electrons. The summed E-state index contributed by atoms with van der Waals surface area (Å²) in [5, 5.41) is 6.73. The summed E-state index contributed by atoms with van der Waals surface area (Å²) in [6.45, 7) is 5.94. The molecule has 1 N–H and O–H groups in total. The monoisotopic (exact) mass is 265 g/mol. The Bertz CT molecular complexity index is 477. The Kier molecular flexibility index (Phi) is 4.99. The van der Waals surface area contributed by atoms with Gasteiger partial charge in [0.1, 0.15) is 0 Å². The van der Waals surface area contributed by atoms with Crippen molar-refractivity contribution in [2.45, 2.75) is 20.1 Å². The van der Waals surface area contributed by atoms with Gasteiger partial charge in [-0.3, -0.25) is 0 Å². The van der Waals surface area contributed by atoms with Crippen LogP contribution in [0.25, 0.3) is 10.1 Å². The molecule has 2 rings (SSSR count). The zero-order valence-electron chi connectivity index (χ0n) is 10.8. The molecule has 98 valence electrons. The van der Waals surface area contributed by atoms with E-state index in [4.69, 9.17) is 9.47 Å². The van der Waals surface area contributed by atoms with E-state index < -0.39 is 0 Å². The Morgan fingerprint density at radius 3 is 2.67 bits per heavy atom. The molecule has 1 aromatic heterocycles. The zero-order chi connectivity index (χ0) is 12.8. The Morgan fingerprint density at radius 2 is 1.94 bits per heavy atom. The summed E-state index contributed by atoms with van der Waals surface area (Å²) in [6, 6.07) is 8.51. The van der Waals surface area contributed by atoms with E-state index in [9.17, 15) is 0 Å². The van der Waals surface area contributed by atoms with Crippen LogP contribution in [-0.2, 0) is 9.47 Å². The van der Waals surface area contributed by atoms with Crippen LogP contribution >= 0.6 is 11.3 Å². The van der Waals surface area contributed by atoms with E-state index in [0.29, 0.717) is 19.8 Å². The van der Waals surface area contributed by atoms with Crippen LogP contribution < -0.4 is 5.32 Å². The second kappa shape index (κ2) is 6.73. The van der Waals surface area contributed by atoms with Crippen LogP contribution in [-0.4, -0.2) is 26.0 Å². The maximum atomic E-state index is 5.49. The third-order valence-corrected chi connectivity index (χ3v) is 3.53. The molecular formula is C14H19NO2S. The number of ether oxygens (including phenoxy) is 2. The molecule has 18 heavy (non-hydrogen) atoms. The van der Waals surface area contributed by atoms with E-state index in [-0.39, 0.29) is 6.29 Å². The third-order valence-electron chi connectivity index (χ3n) is 2.63. The Balaban J connectivity index is 1.95. The summed E-state index contributed by atoms with van der Waals surface area (Å²) < 4.78 is 12.3. The number of hydrogen-bond acceptors (Lipinski definition) is 4. The highest BCUT2D eigenvalue weighted by atomic mass is 32.1. The van der Waals surface area contributed by atoms with Crippen LogP contribution in [0.15, 0.2) is 29.6 Å². The smallest absolute Gasteiger partial charge is 0.174 e. The number of fused-ring (bicyclic) bond motifs is 1. The van der Waals surface area contributed by atoms with Crippen molar-refractivity contribution in [3.8, 4) is 0 Å². The average Bonchev–Trinajstić information content (AvgIpc) is 2.84. The molecule has 0 aliphatic rings. The van der Waals surface area contributed by atoms with Gasteiger partial charge in [-0.25, -0.2) is 0 Å².